The molecule has 2 heterocycles. The van der Waals surface area contributed by atoms with Crippen molar-refractivity contribution in [2.45, 2.75) is 25.8 Å². The Bertz CT molecular complexity index is 702. The third-order valence-electron chi connectivity index (χ3n) is 3.55. The first-order valence-corrected chi connectivity index (χ1v) is 7.75. The summed E-state index contributed by atoms with van der Waals surface area (Å²) in [4.78, 5) is 5.57. The van der Waals surface area contributed by atoms with Crippen LogP contribution in [0.3, 0.4) is 0 Å². The number of thiazole rings is 1. The fourth-order valence-electron chi connectivity index (χ4n) is 2.68. The lowest BCUT2D eigenvalue weighted by molar-refractivity contribution is 0.537. The van der Waals surface area contributed by atoms with Gasteiger partial charge >= 0.3 is 0 Å². The molecular formula is C16H18N4S. The summed E-state index contributed by atoms with van der Waals surface area (Å²) in [7, 11) is 0. The molecule has 3 rings (SSSR count). The van der Waals surface area contributed by atoms with Gasteiger partial charge in [0, 0.05) is 16.9 Å². The van der Waals surface area contributed by atoms with Crippen LogP contribution in [0.25, 0.3) is 5.57 Å². The van der Waals surface area contributed by atoms with E-state index in [2.05, 4.69) is 52.5 Å². The highest BCUT2D eigenvalue weighted by molar-refractivity contribution is 7.15. The minimum absolute atomic E-state index is 0.320. The molecule has 0 amide bonds. The summed E-state index contributed by atoms with van der Waals surface area (Å²) in [6.45, 7) is 4.73. The van der Waals surface area contributed by atoms with Gasteiger partial charge < -0.3 is 5.73 Å². The zero-order valence-corrected chi connectivity index (χ0v) is 13.0. The minimum Gasteiger partial charge on any atom is -0.375 e. The van der Waals surface area contributed by atoms with Crippen molar-refractivity contribution in [3.63, 3.8) is 0 Å². The van der Waals surface area contributed by atoms with Crippen molar-refractivity contribution >= 4 is 22.0 Å². The van der Waals surface area contributed by atoms with E-state index in [-0.39, 0.29) is 5.54 Å². The Morgan fingerprint density at radius 2 is 2.05 bits per heavy atom. The first-order valence-electron chi connectivity index (χ1n) is 6.93. The van der Waals surface area contributed by atoms with Crippen LogP contribution in [-0.4, -0.2) is 17.1 Å². The van der Waals surface area contributed by atoms with Crippen LogP contribution in [0, 0.1) is 6.92 Å². The predicted octanol–water partition coefficient (Wildman–Crippen LogP) is 3.88. The van der Waals surface area contributed by atoms with Gasteiger partial charge in [-0.3, -0.25) is 0 Å². The lowest BCUT2D eigenvalue weighted by atomic mass is 9.90. The molecule has 2 aromatic rings. The van der Waals surface area contributed by atoms with Crippen LogP contribution >= 0.6 is 11.3 Å². The summed E-state index contributed by atoms with van der Waals surface area (Å²) in [5.41, 5.74) is 8.83. The highest BCUT2D eigenvalue weighted by atomic mass is 32.1. The second-order valence-corrected chi connectivity index (χ2v) is 6.78. The number of hydrogen-bond acceptors (Lipinski definition) is 5. The molecule has 0 saturated heterocycles. The van der Waals surface area contributed by atoms with Crippen molar-refractivity contribution in [3.8, 4) is 0 Å². The van der Waals surface area contributed by atoms with Crippen LogP contribution in [0.4, 0.5) is 5.13 Å². The van der Waals surface area contributed by atoms with Gasteiger partial charge in [0.15, 0.2) is 5.13 Å². The smallest absolute Gasteiger partial charge is 0.180 e. The molecule has 0 saturated carbocycles. The molecule has 5 heteroatoms. The van der Waals surface area contributed by atoms with Crippen molar-refractivity contribution in [2.24, 2.45) is 10.2 Å². The normalized spacial score (nSPS) is 21.3. The highest BCUT2D eigenvalue weighted by Crippen LogP contribution is 2.32. The van der Waals surface area contributed by atoms with Crippen molar-refractivity contribution in [1.29, 1.82) is 0 Å². The Kier molecular flexibility index (Phi) is 3.59. The fourth-order valence-corrected chi connectivity index (χ4v) is 3.40. The molecule has 0 radical (unpaired) electrons. The van der Waals surface area contributed by atoms with E-state index in [0.717, 1.165) is 22.6 Å². The van der Waals surface area contributed by atoms with Crippen molar-refractivity contribution in [3.05, 3.63) is 52.5 Å². The van der Waals surface area contributed by atoms with Gasteiger partial charge in [-0.15, -0.1) is 11.3 Å². The summed E-state index contributed by atoms with van der Waals surface area (Å²) in [6.07, 6.45) is 3.02. The summed E-state index contributed by atoms with van der Waals surface area (Å²) >= 11 is 1.52. The third kappa shape index (κ3) is 3.03. The molecule has 0 aliphatic carbocycles. The summed E-state index contributed by atoms with van der Waals surface area (Å²) in [6, 6.07) is 10.4. The van der Waals surface area contributed by atoms with Gasteiger partial charge in [-0.1, -0.05) is 30.3 Å². The van der Waals surface area contributed by atoms with E-state index < -0.39 is 0 Å². The van der Waals surface area contributed by atoms with Crippen LogP contribution in [0.5, 0.6) is 0 Å². The predicted molar refractivity (Wildman–Crippen MR) is 87.5 cm³/mol. The highest BCUT2D eigenvalue weighted by Gasteiger charge is 2.27. The Balaban J connectivity index is 1.91. The molecule has 21 heavy (non-hydrogen) atoms. The number of anilines is 1. The Labute approximate surface area is 128 Å². The number of hydrogen-bond donors (Lipinski definition) is 1. The SMILES string of the molecule is Cc1sc(N)nc1C1=CC(C)(Cc2ccccc2)N=NC1. The zero-order valence-electron chi connectivity index (χ0n) is 12.2. The molecule has 1 aliphatic rings. The van der Waals surface area contributed by atoms with Crippen LogP contribution in [-0.2, 0) is 6.42 Å². The third-order valence-corrected chi connectivity index (χ3v) is 4.35. The fraction of sp³-hybridized carbons (Fsp3) is 0.312. The van der Waals surface area contributed by atoms with Crippen LogP contribution < -0.4 is 5.73 Å². The molecule has 1 aromatic heterocycles. The quantitative estimate of drug-likeness (QED) is 0.934. The Hall–Kier alpha value is -2.01. The monoisotopic (exact) mass is 298 g/mol. The Morgan fingerprint density at radius 3 is 2.71 bits per heavy atom. The van der Waals surface area contributed by atoms with E-state index in [1.54, 1.807) is 0 Å². The zero-order chi connectivity index (χ0) is 14.9. The largest absolute Gasteiger partial charge is 0.375 e. The number of nitrogens with zero attached hydrogens (tertiary/aromatic N) is 3. The summed E-state index contributed by atoms with van der Waals surface area (Å²) < 4.78 is 0. The lowest BCUT2D eigenvalue weighted by Crippen LogP contribution is -2.25. The number of azo groups is 1. The first-order chi connectivity index (χ1) is 10.1. The molecule has 1 aliphatic heterocycles. The summed E-state index contributed by atoms with van der Waals surface area (Å²) in [5, 5.41) is 9.38. The molecule has 1 atom stereocenters. The van der Waals surface area contributed by atoms with Crippen LogP contribution in [0.15, 0.2) is 46.6 Å². The second-order valence-electron chi connectivity index (χ2n) is 5.55. The molecule has 108 valence electrons. The average Bonchev–Trinajstić information content (AvgIpc) is 2.78. The van der Waals surface area contributed by atoms with Gasteiger partial charge in [-0.05, 0) is 25.5 Å². The molecule has 0 fully saturated rings. The van der Waals surface area contributed by atoms with Gasteiger partial charge in [0.05, 0.1) is 12.2 Å². The van der Waals surface area contributed by atoms with Crippen LogP contribution in [0.1, 0.15) is 23.1 Å². The number of rotatable bonds is 3. The minimum atomic E-state index is -0.320. The first kappa shape index (κ1) is 13.9. The number of aryl methyl sites for hydroxylation is 1. The number of nitrogens with two attached hydrogens (primary N) is 1. The molecule has 1 unspecified atom stereocenters. The van der Waals surface area contributed by atoms with Gasteiger partial charge in [0.25, 0.3) is 0 Å². The van der Waals surface area contributed by atoms with E-state index in [4.69, 9.17) is 5.73 Å². The molecular weight excluding hydrogens is 280 g/mol. The molecule has 1 aromatic carbocycles. The van der Waals surface area contributed by atoms with Crippen molar-refractivity contribution in [1.82, 2.24) is 4.98 Å². The molecule has 4 nitrogen and oxygen atoms in total. The maximum atomic E-state index is 5.80. The van der Waals surface area contributed by atoms with Crippen molar-refractivity contribution < 1.29 is 0 Å². The molecule has 2 N–H and O–H groups in total. The maximum absolute atomic E-state index is 5.80. The topological polar surface area (TPSA) is 63.6 Å². The van der Waals surface area contributed by atoms with Gasteiger partial charge in [-0.2, -0.15) is 10.2 Å². The number of aromatic nitrogens is 1. The van der Waals surface area contributed by atoms with Gasteiger partial charge in [0.1, 0.15) is 5.54 Å². The Morgan fingerprint density at radius 1 is 1.29 bits per heavy atom. The lowest BCUT2D eigenvalue weighted by Gasteiger charge is -2.24. The van der Waals surface area contributed by atoms with E-state index >= 15 is 0 Å². The standard InChI is InChI=1S/C16H18N4S/c1-11-14(19-15(17)21-11)13-9-16(2,20-18-10-13)8-12-6-4-3-5-7-12/h3-7,9H,8,10H2,1-2H3,(H2,17,19). The van der Waals surface area contributed by atoms with E-state index in [9.17, 15) is 0 Å². The maximum Gasteiger partial charge on any atom is 0.180 e. The average molecular weight is 298 g/mol. The van der Waals surface area contributed by atoms with E-state index in [1.165, 1.54) is 16.9 Å². The second kappa shape index (κ2) is 5.41. The van der Waals surface area contributed by atoms with Crippen molar-refractivity contribution in [2.75, 3.05) is 12.3 Å². The van der Waals surface area contributed by atoms with Gasteiger partial charge in [0.2, 0.25) is 0 Å². The van der Waals surface area contributed by atoms with E-state index in [1.807, 2.05) is 13.0 Å². The molecule has 0 bridgehead atoms. The van der Waals surface area contributed by atoms with E-state index in [0.29, 0.717) is 11.7 Å². The van der Waals surface area contributed by atoms with Crippen LogP contribution in [0.2, 0.25) is 0 Å². The number of benzene rings is 1. The van der Waals surface area contributed by atoms with Gasteiger partial charge in [-0.25, -0.2) is 4.98 Å². The molecule has 0 spiro atoms. The number of nitrogen functional groups attached to an aromatic ring is 1. The summed E-state index contributed by atoms with van der Waals surface area (Å²) in [5.74, 6) is 0.